The van der Waals surface area contributed by atoms with Crippen molar-refractivity contribution in [3.8, 4) is 0 Å². The quantitative estimate of drug-likeness (QED) is 0.485. The van der Waals surface area contributed by atoms with Gasteiger partial charge in [0.15, 0.2) is 0 Å². The molecule has 3 heteroatoms. The lowest BCUT2D eigenvalue weighted by Crippen LogP contribution is -2.17. The van der Waals surface area contributed by atoms with E-state index >= 15 is 0 Å². The Bertz CT molecular complexity index is 54.8. The van der Waals surface area contributed by atoms with Gasteiger partial charge in [-0.3, -0.25) is 5.11 Å². The Hall–Kier alpha value is -0.310. The Kier molecular flexibility index (Phi) is 2.75. The summed E-state index contributed by atoms with van der Waals surface area (Å²) in [6.45, 7) is 2.45. The van der Waals surface area contributed by atoms with Crippen LogP contribution in [0.4, 0.5) is 0 Å². The highest BCUT2D eigenvalue weighted by Crippen LogP contribution is 1.58. The molecule has 0 aromatic heterocycles. The minimum absolute atomic E-state index is 0.377. The first-order valence-corrected chi connectivity index (χ1v) is 2.13. The van der Waals surface area contributed by atoms with Gasteiger partial charge in [0.05, 0.1) is 0 Å². The summed E-state index contributed by atoms with van der Waals surface area (Å²) in [7, 11) is 0. The highest BCUT2D eigenvalue weighted by Gasteiger charge is 1.81. The maximum Gasteiger partial charge on any atom is 0.310 e. The third-order valence-corrected chi connectivity index (χ3v) is 0.465. The van der Waals surface area contributed by atoms with E-state index in [1.54, 1.807) is 0 Å². The minimum Gasteiger partial charge on any atom is -0.343 e. The van der Waals surface area contributed by atoms with E-state index in [1.165, 1.54) is 0 Å². The van der Waals surface area contributed by atoms with Gasteiger partial charge in [-0.25, -0.2) is 0 Å². The molecule has 0 aliphatic rings. The third-order valence-electron chi connectivity index (χ3n) is 0.321. The number of nitrogens with one attached hydrogen (secondary N) is 1. The summed E-state index contributed by atoms with van der Waals surface area (Å²) in [5, 5.41) is 11.8. The molecule has 0 amide bonds. The molecule has 35 valence electrons. The summed E-state index contributed by atoms with van der Waals surface area (Å²) in [5.41, 5.74) is 0. The van der Waals surface area contributed by atoms with E-state index in [4.69, 9.17) is 0 Å². The molecule has 0 rings (SSSR count). The zero-order valence-electron chi connectivity index (χ0n) is 3.52. The van der Waals surface area contributed by atoms with Gasteiger partial charge < -0.3 is 5.32 Å². The van der Waals surface area contributed by atoms with Gasteiger partial charge in [0.2, 0.25) is 0 Å². The van der Waals surface area contributed by atoms with Gasteiger partial charge in [-0.15, -0.1) is 0 Å². The lowest BCUT2D eigenvalue weighted by molar-refractivity contribution is 0.417. The predicted octanol–water partition coefficient (Wildman–Crippen LogP) is 0.311. The van der Waals surface area contributed by atoms with E-state index in [9.17, 15) is 5.11 Å². The molecule has 0 aliphatic heterocycles. The highest BCUT2D eigenvalue weighted by atomic mass is 32.1. The van der Waals surface area contributed by atoms with Crippen LogP contribution in [-0.4, -0.2) is 11.7 Å². The van der Waals surface area contributed by atoms with Crippen molar-refractivity contribution in [3.05, 3.63) is 0 Å². The summed E-state index contributed by atoms with van der Waals surface area (Å²) in [6, 6.07) is 0. The van der Waals surface area contributed by atoms with Crippen LogP contribution in [0, 0.1) is 0 Å². The number of hydrogen-bond donors (Lipinski definition) is 1. The Morgan fingerprint density at radius 2 is 2.50 bits per heavy atom. The van der Waals surface area contributed by atoms with Crippen molar-refractivity contribution in [1.82, 2.24) is 5.32 Å². The maximum atomic E-state index is 9.75. The Labute approximate surface area is 42.2 Å². The normalized spacial score (nSPS) is 7.50. The van der Waals surface area contributed by atoms with Gasteiger partial charge in [0.1, 0.15) is 0 Å². The second-order valence-corrected chi connectivity index (χ2v) is 1.19. The average Bonchev–Trinajstić information content (AvgIpc) is 1.35. The average molecular weight is 104 g/mol. The van der Waals surface area contributed by atoms with Crippen LogP contribution < -0.4 is 5.32 Å². The number of hydrogen-bond acceptors (Lipinski definition) is 1. The lowest BCUT2D eigenvalue weighted by Gasteiger charge is -1.87. The smallest absolute Gasteiger partial charge is 0.310 e. The maximum absolute atomic E-state index is 9.75. The molecule has 0 aromatic carbocycles. The second kappa shape index (κ2) is 2.90. The molecule has 0 aliphatic carbocycles. The van der Waals surface area contributed by atoms with Crippen LogP contribution in [0.3, 0.4) is 0 Å². The summed E-state index contributed by atoms with van der Waals surface area (Å²) in [5.74, 6) is 0. The molecule has 0 bridgehead atoms. The van der Waals surface area contributed by atoms with Gasteiger partial charge in [-0.05, 0) is 19.1 Å². The SMILES string of the molecule is CCNC([O])=S. The van der Waals surface area contributed by atoms with Gasteiger partial charge in [0.25, 0.3) is 0 Å². The molecule has 0 unspecified atom stereocenters. The summed E-state index contributed by atoms with van der Waals surface area (Å²) < 4.78 is 0. The van der Waals surface area contributed by atoms with Gasteiger partial charge in [-0.2, -0.15) is 0 Å². The Morgan fingerprint density at radius 1 is 2.00 bits per heavy atom. The summed E-state index contributed by atoms with van der Waals surface area (Å²) in [6.07, 6.45) is 0. The second-order valence-electron chi connectivity index (χ2n) is 0.818. The van der Waals surface area contributed by atoms with E-state index in [0.717, 1.165) is 0 Å². The zero-order valence-corrected chi connectivity index (χ0v) is 4.34. The Morgan fingerprint density at radius 3 is 2.50 bits per heavy atom. The predicted molar refractivity (Wildman–Crippen MR) is 27.0 cm³/mol. The van der Waals surface area contributed by atoms with Crippen molar-refractivity contribution in [1.29, 1.82) is 0 Å². The van der Waals surface area contributed by atoms with Gasteiger partial charge in [0, 0.05) is 6.54 Å². The molecule has 0 spiro atoms. The minimum atomic E-state index is -0.377. The molecular weight excluding hydrogens is 98.1 g/mol. The first kappa shape index (κ1) is 5.69. The van der Waals surface area contributed by atoms with Crippen molar-refractivity contribution in [2.45, 2.75) is 6.92 Å². The fourth-order valence-corrected chi connectivity index (χ4v) is 0.289. The standard InChI is InChI=1S/C3H6NOS/c1-2-4-3(5)6/h2H2,1H3,(H,4,6). The Balaban J connectivity index is 2.83. The molecule has 0 atom stereocenters. The topological polar surface area (TPSA) is 31.9 Å². The van der Waals surface area contributed by atoms with Gasteiger partial charge in [-0.1, -0.05) is 0 Å². The number of thiocarbonyl (C=S) groups is 1. The lowest BCUT2D eigenvalue weighted by atomic mass is 10.8. The van der Waals surface area contributed by atoms with E-state index < -0.39 is 0 Å². The van der Waals surface area contributed by atoms with Gasteiger partial charge >= 0.3 is 5.17 Å². The fraction of sp³-hybridized carbons (Fsp3) is 0.667. The molecular formula is C3H6NOS. The molecule has 1 radical (unpaired) electrons. The van der Waals surface area contributed by atoms with Crippen LogP contribution in [0.15, 0.2) is 0 Å². The van der Waals surface area contributed by atoms with Crippen LogP contribution in [0.1, 0.15) is 6.92 Å². The van der Waals surface area contributed by atoms with Crippen molar-refractivity contribution in [3.63, 3.8) is 0 Å². The first-order chi connectivity index (χ1) is 2.77. The molecule has 2 nitrogen and oxygen atoms in total. The van der Waals surface area contributed by atoms with Crippen molar-refractivity contribution in [2.24, 2.45) is 0 Å². The van der Waals surface area contributed by atoms with Crippen molar-refractivity contribution in [2.75, 3.05) is 6.54 Å². The monoisotopic (exact) mass is 104 g/mol. The molecule has 0 heterocycles. The molecule has 0 fully saturated rings. The third kappa shape index (κ3) is 3.69. The molecule has 0 aromatic rings. The molecule has 1 N–H and O–H groups in total. The van der Waals surface area contributed by atoms with Crippen LogP contribution in [-0.2, 0) is 5.11 Å². The molecule has 0 saturated heterocycles. The fourth-order valence-electron chi connectivity index (χ4n) is 0.144. The van der Waals surface area contributed by atoms with Crippen molar-refractivity contribution >= 4 is 17.4 Å². The molecule has 6 heavy (non-hydrogen) atoms. The zero-order chi connectivity index (χ0) is 4.99. The highest BCUT2D eigenvalue weighted by molar-refractivity contribution is 7.79. The summed E-state index contributed by atoms with van der Waals surface area (Å²) >= 11 is 4.13. The van der Waals surface area contributed by atoms with Crippen LogP contribution in [0.5, 0.6) is 0 Å². The van der Waals surface area contributed by atoms with Crippen LogP contribution in [0.2, 0.25) is 0 Å². The van der Waals surface area contributed by atoms with E-state index in [-0.39, 0.29) is 5.17 Å². The first-order valence-electron chi connectivity index (χ1n) is 1.72. The van der Waals surface area contributed by atoms with Crippen molar-refractivity contribution < 1.29 is 5.11 Å². The summed E-state index contributed by atoms with van der Waals surface area (Å²) in [4.78, 5) is 0. The number of rotatable bonds is 1. The van der Waals surface area contributed by atoms with Crippen LogP contribution >= 0.6 is 12.2 Å². The van der Waals surface area contributed by atoms with Crippen LogP contribution in [0.25, 0.3) is 0 Å². The van der Waals surface area contributed by atoms with E-state index in [2.05, 4.69) is 17.5 Å². The van der Waals surface area contributed by atoms with E-state index in [1.807, 2.05) is 6.92 Å². The molecule has 0 saturated carbocycles. The van der Waals surface area contributed by atoms with E-state index in [0.29, 0.717) is 6.54 Å². The largest absolute Gasteiger partial charge is 0.343 e.